The van der Waals surface area contributed by atoms with Crippen LogP contribution in [-0.4, -0.2) is 9.55 Å². The summed E-state index contributed by atoms with van der Waals surface area (Å²) in [6, 6.07) is 0. The molecule has 0 bridgehead atoms. The van der Waals surface area contributed by atoms with Gasteiger partial charge in [0, 0.05) is 18.5 Å². The van der Waals surface area contributed by atoms with Gasteiger partial charge in [0.05, 0.1) is 5.39 Å². The molecule has 0 aromatic carbocycles. The van der Waals surface area contributed by atoms with E-state index in [-0.39, 0.29) is 5.56 Å². The fourth-order valence-corrected chi connectivity index (χ4v) is 2.70. The van der Waals surface area contributed by atoms with Crippen molar-refractivity contribution in [3.05, 3.63) is 26.6 Å². The Bertz CT molecular complexity index is 582. The zero-order valence-electron chi connectivity index (χ0n) is 9.00. The summed E-state index contributed by atoms with van der Waals surface area (Å²) in [5.41, 5.74) is 6.61. The first-order valence-electron chi connectivity index (χ1n) is 4.72. The number of hydrogen-bond acceptors (Lipinski definition) is 4. The maximum absolute atomic E-state index is 12.0. The molecule has 0 aliphatic rings. The second kappa shape index (κ2) is 3.43. The van der Waals surface area contributed by atoms with E-state index in [9.17, 15) is 4.79 Å². The Morgan fingerprint density at radius 2 is 2.13 bits per heavy atom. The lowest BCUT2D eigenvalue weighted by atomic mass is 10.2. The highest BCUT2D eigenvalue weighted by atomic mass is 32.1. The predicted molar refractivity (Wildman–Crippen MR) is 62.2 cm³/mol. The molecule has 2 aromatic rings. The average Bonchev–Trinajstić information content (AvgIpc) is 2.52. The quantitative estimate of drug-likeness (QED) is 0.786. The standard InChI is InChI=1S/C10H13N3OS/c1-5-7(4-11)15-9-8(5)10(14)13(3)6(2)12-9/h4,11H2,1-3H3. The van der Waals surface area contributed by atoms with Crippen molar-refractivity contribution in [2.75, 3.05) is 0 Å². The number of nitrogens with two attached hydrogens (primary N) is 1. The second-order valence-corrected chi connectivity index (χ2v) is 4.64. The maximum Gasteiger partial charge on any atom is 0.262 e. The Labute approximate surface area is 91.4 Å². The smallest absolute Gasteiger partial charge is 0.262 e. The van der Waals surface area contributed by atoms with Gasteiger partial charge in [-0.25, -0.2) is 4.98 Å². The van der Waals surface area contributed by atoms with Gasteiger partial charge in [-0.3, -0.25) is 9.36 Å². The van der Waals surface area contributed by atoms with E-state index >= 15 is 0 Å². The van der Waals surface area contributed by atoms with E-state index in [1.165, 1.54) is 11.3 Å². The summed E-state index contributed by atoms with van der Waals surface area (Å²) in [4.78, 5) is 18.2. The van der Waals surface area contributed by atoms with E-state index in [0.717, 1.165) is 21.1 Å². The highest BCUT2D eigenvalue weighted by Gasteiger charge is 2.13. The van der Waals surface area contributed by atoms with Gasteiger partial charge >= 0.3 is 0 Å². The Morgan fingerprint density at radius 3 is 2.73 bits per heavy atom. The van der Waals surface area contributed by atoms with E-state index in [0.29, 0.717) is 11.9 Å². The van der Waals surface area contributed by atoms with Crippen LogP contribution >= 0.6 is 11.3 Å². The molecular formula is C10H13N3OS. The lowest BCUT2D eigenvalue weighted by molar-refractivity contribution is 0.793. The first-order valence-corrected chi connectivity index (χ1v) is 5.53. The van der Waals surface area contributed by atoms with Crippen molar-refractivity contribution in [3.8, 4) is 0 Å². The largest absolute Gasteiger partial charge is 0.326 e. The molecule has 4 nitrogen and oxygen atoms in total. The van der Waals surface area contributed by atoms with Crippen LogP contribution in [-0.2, 0) is 13.6 Å². The van der Waals surface area contributed by atoms with E-state index in [1.807, 2.05) is 13.8 Å². The van der Waals surface area contributed by atoms with Gasteiger partial charge < -0.3 is 5.73 Å². The monoisotopic (exact) mass is 223 g/mol. The first-order chi connectivity index (χ1) is 7.06. The minimum absolute atomic E-state index is 0.0194. The summed E-state index contributed by atoms with van der Waals surface area (Å²) >= 11 is 1.51. The third-order valence-corrected chi connectivity index (χ3v) is 3.89. The van der Waals surface area contributed by atoms with Crippen LogP contribution in [0.1, 0.15) is 16.3 Å². The van der Waals surface area contributed by atoms with Gasteiger partial charge in [0.1, 0.15) is 10.7 Å². The molecule has 0 spiro atoms. The normalized spacial score (nSPS) is 11.2. The molecule has 2 heterocycles. The van der Waals surface area contributed by atoms with Gasteiger partial charge in [0.2, 0.25) is 0 Å². The van der Waals surface area contributed by atoms with E-state index < -0.39 is 0 Å². The van der Waals surface area contributed by atoms with Crippen molar-refractivity contribution < 1.29 is 0 Å². The van der Waals surface area contributed by atoms with Crippen molar-refractivity contribution in [2.45, 2.75) is 20.4 Å². The average molecular weight is 223 g/mol. The lowest BCUT2D eigenvalue weighted by Gasteiger charge is -2.01. The molecule has 0 aliphatic heterocycles. The molecule has 0 fully saturated rings. The van der Waals surface area contributed by atoms with Gasteiger partial charge in [-0.15, -0.1) is 11.3 Å². The number of rotatable bonds is 1. The summed E-state index contributed by atoms with van der Waals surface area (Å²) in [5.74, 6) is 0.734. The third-order valence-electron chi connectivity index (χ3n) is 2.68. The molecule has 0 radical (unpaired) electrons. The van der Waals surface area contributed by atoms with Gasteiger partial charge in [-0.05, 0) is 19.4 Å². The predicted octanol–water partition coefficient (Wildman–Crippen LogP) is 1.07. The number of hydrogen-bond donors (Lipinski definition) is 1. The van der Waals surface area contributed by atoms with Crippen molar-refractivity contribution in [1.82, 2.24) is 9.55 Å². The second-order valence-electron chi connectivity index (χ2n) is 3.56. The molecule has 0 saturated heterocycles. The van der Waals surface area contributed by atoms with Crippen molar-refractivity contribution in [2.24, 2.45) is 12.8 Å². The van der Waals surface area contributed by atoms with Crippen LogP contribution < -0.4 is 11.3 Å². The van der Waals surface area contributed by atoms with Crippen molar-refractivity contribution in [3.63, 3.8) is 0 Å². The van der Waals surface area contributed by atoms with Gasteiger partial charge in [-0.1, -0.05) is 0 Å². The zero-order valence-corrected chi connectivity index (χ0v) is 9.81. The van der Waals surface area contributed by atoms with E-state index in [4.69, 9.17) is 5.73 Å². The van der Waals surface area contributed by atoms with Gasteiger partial charge in [-0.2, -0.15) is 0 Å². The minimum Gasteiger partial charge on any atom is -0.326 e. The van der Waals surface area contributed by atoms with Gasteiger partial charge in [0.15, 0.2) is 0 Å². The van der Waals surface area contributed by atoms with Crippen LogP contribution in [0.15, 0.2) is 4.79 Å². The Morgan fingerprint density at radius 1 is 1.47 bits per heavy atom. The first kappa shape index (κ1) is 10.3. The molecule has 0 aliphatic carbocycles. The molecule has 0 saturated carbocycles. The number of nitrogens with zero attached hydrogens (tertiary/aromatic N) is 2. The van der Waals surface area contributed by atoms with Crippen LogP contribution in [0.2, 0.25) is 0 Å². The molecule has 80 valence electrons. The van der Waals surface area contributed by atoms with E-state index in [2.05, 4.69) is 4.98 Å². The molecule has 15 heavy (non-hydrogen) atoms. The lowest BCUT2D eigenvalue weighted by Crippen LogP contribution is -2.20. The Balaban J connectivity index is 2.97. The highest BCUT2D eigenvalue weighted by Crippen LogP contribution is 2.26. The molecule has 0 amide bonds. The Kier molecular flexibility index (Phi) is 2.36. The minimum atomic E-state index is 0.0194. The summed E-state index contributed by atoms with van der Waals surface area (Å²) in [6.45, 7) is 4.23. The van der Waals surface area contributed by atoms with Crippen LogP contribution in [0.3, 0.4) is 0 Å². The van der Waals surface area contributed by atoms with Crippen LogP contribution in [0.4, 0.5) is 0 Å². The molecule has 2 N–H and O–H groups in total. The molecule has 2 rings (SSSR count). The zero-order chi connectivity index (χ0) is 11.2. The van der Waals surface area contributed by atoms with Crippen LogP contribution in [0, 0.1) is 13.8 Å². The highest BCUT2D eigenvalue weighted by molar-refractivity contribution is 7.18. The SMILES string of the molecule is Cc1c(CN)sc2nc(C)n(C)c(=O)c12. The molecular weight excluding hydrogens is 210 g/mol. The number of aromatic nitrogens is 2. The topological polar surface area (TPSA) is 60.9 Å². The number of fused-ring (bicyclic) bond motifs is 1. The van der Waals surface area contributed by atoms with Crippen molar-refractivity contribution >= 4 is 21.6 Å². The summed E-state index contributed by atoms with van der Waals surface area (Å²) in [7, 11) is 1.74. The maximum atomic E-state index is 12.0. The number of aryl methyl sites for hydroxylation is 2. The fourth-order valence-electron chi connectivity index (χ4n) is 1.61. The molecule has 2 aromatic heterocycles. The van der Waals surface area contributed by atoms with E-state index in [1.54, 1.807) is 11.6 Å². The fraction of sp³-hybridized carbons (Fsp3) is 0.400. The van der Waals surface area contributed by atoms with Crippen molar-refractivity contribution in [1.29, 1.82) is 0 Å². The molecule has 0 unspecified atom stereocenters. The molecule has 0 atom stereocenters. The van der Waals surface area contributed by atoms with Gasteiger partial charge in [0.25, 0.3) is 5.56 Å². The van der Waals surface area contributed by atoms with Crippen LogP contribution in [0.5, 0.6) is 0 Å². The summed E-state index contributed by atoms with van der Waals surface area (Å²) in [6.07, 6.45) is 0. The van der Waals surface area contributed by atoms with Crippen LogP contribution in [0.25, 0.3) is 10.2 Å². The third kappa shape index (κ3) is 1.39. The molecule has 5 heteroatoms. The Hall–Kier alpha value is -1.20. The number of thiophene rings is 1. The summed E-state index contributed by atoms with van der Waals surface area (Å²) in [5, 5.41) is 0.716. The summed E-state index contributed by atoms with van der Waals surface area (Å²) < 4.78 is 1.57.